The Morgan fingerprint density at radius 3 is 2.43 bits per heavy atom. The third-order valence-electron chi connectivity index (χ3n) is 3.49. The Kier molecular flexibility index (Phi) is 10.8. The zero-order valence-corrected chi connectivity index (χ0v) is 13.7. The fourth-order valence-corrected chi connectivity index (χ4v) is 2.27. The summed E-state index contributed by atoms with van der Waals surface area (Å²) in [6, 6.07) is 10.4. The number of ether oxygens (including phenoxy) is 1. The average molecular weight is 289 g/mol. The highest BCUT2D eigenvalue weighted by Crippen LogP contribution is 2.05. The van der Waals surface area contributed by atoms with Gasteiger partial charge in [-0.05, 0) is 31.5 Å². The van der Waals surface area contributed by atoms with Gasteiger partial charge in [-0.3, -0.25) is 5.32 Å². The Balaban J connectivity index is 2.22. The van der Waals surface area contributed by atoms with E-state index < -0.39 is 0 Å². The first-order chi connectivity index (χ1) is 10.4. The van der Waals surface area contributed by atoms with Gasteiger partial charge in [0.05, 0.1) is 0 Å². The molecule has 0 aromatic heterocycles. The van der Waals surface area contributed by atoms with E-state index in [-0.39, 0.29) is 6.23 Å². The molecule has 1 N–H and O–H groups in total. The van der Waals surface area contributed by atoms with Crippen LogP contribution in [0.15, 0.2) is 36.4 Å². The van der Waals surface area contributed by atoms with Crippen molar-refractivity contribution < 1.29 is 4.74 Å². The summed E-state index contributed by atoms with van der Waals surface area (Å²) in [7, 11) is 0. The quantitative estimate of drug-likeness (QED) is 0.431. The summed E-state index contributed by atoms with van der Waals surface area (Å²) < 4.78 is 5.71. The molecule has 1 unspecified atom stereocenters. The van der Waals surface area contributed by atoms with Gasteiger partial charge in [-0.15, -0.1) is 0 Å². The zero-order valence-electron chi connectivity index (χ0n) is 13.7. The maximum atomic E-state index is 5.71. The molecule has 0 aliphatic rings. The Morgan fingerprint density at radius 1 is 1.00 bits per heavy atom. The minimum Gasteiger partial charge on any atom is -0.360 e. The summed E-state index contributed by atoms with van der Waals surface area (Å²) in [5.74, 6) is 0. The number of hydrogen-bond acceptors (Lipinski definition) is 2. The topological polar surface area (TPSA) is 21.3 Å². The number of rotatable bonds is 12. The highest BCUT2D eigenvalue weighted by molar-refractivity contribution is 5.49. The lowest BCUT2D eigenvalue weighted by molar-refractivity contribution is 0.0727. The van der Waals surface area contributed by atoms with E-state index in [0.29, 0.717) is 0 Å². The monoisotopic (exact) mass is 289 g/mol. The normalized spacial score (nSPS) is 12.9. The molecule has 0 heterocycles. The van der Waals surface area contributed by atoms with Gasteiger partial charge in [-0.25, -0.2) is 0 Å². The molecule has 1 aromatic rings. The fourth-order valence-electron chi connectivity index (χ4n) is 2.27. The molecule has 118 valence electrons. The summed E-state index contributed by atoms with van der Waals surface area (Å²) in [6.45, 7) is 6.05. The highest BCUT2D eigenvalue weighted by Gasteiger charge is 2.02. The van der Waals surface area contributed by atoms with Crippen LogP contribution in [0.5, 0.6) is 0 Å². The van der Waals surface area contributed by atoms with E-state index in [1.165, 1.54) is 44.1 Å². The molecule has 21 heavy (non-hydrogen) atoms. The molecule has 0 fully saturated rings. The molecule has 0 spiro atoms. The molecule has 0 saturated heterocycles. The van der Waals surface area contributed by atoms with Gasteiger partial charge in [0.1, 0.15) is 6.23 Å². The summed E-state index contributed by atoms with van der Waals surface area (Å²) in [5, 5.41) is 3.47. The van der Waals surface area contributed by atoms with E-state index in [4.69, 9.17) is 4.74 Å². The van der Waals surface area contributed by atoms with E-state index in [1.54, 1.807) is 0 Å². The van der Waals surface area contributed by atoms with Gasteiger partial charge in [0, 0.05) is 6.61 Å². The third kappa shape index (κ3) is 9.43. The molecule has 1 rings (SSSR count). The van der Waals surface area contributed by atoms with Gasteiger partial charge < -0.3 is 4.74 Å². The Labute approximate surface area is 130 Å². The molecule has 2 heteroatoms. The lowest BCUT2D eigenvalue weighted by Gasteiger charge is -2.15. The Morgan fingerprint density at radius 2 is 1.71 bits per heavy atom. The van der Waals surface area contributed by atoms with Crippen LogP contribution in [0, 0.1) is 0 Å². The SMILES string of the molecule is CCCCCCCCNC(C=Cc1ccccc1)OCC. The van der Waals surface area contributed by atoms with Crippen LogP contribution in [0.3, 0.4) is 0 Å². The minimum atomic E-state index is 0.0193. The fraction of sp³-hybridized carbons (Fsp3) is 0.579. The number of hydrogen-bond donors (Lipinski definition) is 1. The lowest BCUT2D eigenvalue weighted by atomic mass is 10.1. The van der Waals surface area contributed by atoms with Crippen LogP contribution in [-0.2, 0) is 4.74 Å². The molecule has 2 nitrogen and oxygen atoms in total. The first kappa shape index (κ1) is 17.9. The first-order valence-corrected chi connectivity index (χ1v) is 8.45. The molecular formula is C19H31NO. The van der Waals surface area contributed by atoms with Crippen molar-refractivity contribution >= 4 is 6.08 Å². The largest absolute Gasteiger partial charge is 0.360 e. The molecule has 0 amide bonds. The maximum Gasteiger partial charge on any atom is 0.127 e. The second kappa shape index (κ2) is 12.6. The summed E-state index contributed by atoms with van der Waals surface area (Å²) >= 11 is 0. The van der Waals surface area contributed by atoms with Crippen molar-refractivity contribution in [3.63, 3.8) is 0 Å². The molecule has 1 aromatic carbocycles. The van der Waals surface area contributed by atoms with Gasteiger partial charge in [-0.1, -0.05) is 75.4 Å². The smallest absolute Gasteiger partial charge is 0.127 e. The molecule has 0 aliphatic carbocycles. The molecular weight excluding hydrogens is 258 g/mol. The minimum absolute atomic E-state index is 0.0193. The van der Waals surface area contributed by atoms with Crippen molar-refractivity contribution in [3.8, 4) is 0 Å². The van der Waals surface area contributed by atoms with Crippen LogP contribution in [0.4, 0.5) is 0 Å². The van der Waals surface area contributed by atoms with Crippen LogP contribution >= 0.6 is 0 Å². The first-order valence-electron chi connectivity index (χ1n) is 8.45. The standard InChI is InChI=1S/C19H31NO/c1-3-5-6-7-8-12-17-20-19(21-4-2)16-15-18-13-10-9-11-14-18/h9-11,13-16,19-20H,3-8,12,17H2,1-2H3. The highest BCUT2D eigenvalue weighted by atomic mass is 16.5. The van der Waals surface area contributed by atoms with Crippen LogP contribution in [0.2, 0.25) is 0 Å². The van der Waals surface area contributed by atoms with E-state index >= 15 is 0 Å². The van der Waals surface area contributed by atoms with Crippen LogP contribution in [-0.4, -0.2) is 19.4 Å². The Hall–Kier alpha value is -1.12. The van der Waals surface area contributed by atoms with E-state index in [9.17, 15) is 0 Å². The van der Waals surface area contributed by atoms with E-state index in [0.717, 1.165) is 13.2 Å². The van der Waals surface area contributed by atoms with Gasteiger partial charge in [0.25, 0.3) is 0 Å². The molecule has 0 bridgehead atoms. The summed E-state index contributed by atoms with van der Waals surface area (Å²) in [6.07, 6.45) is 12.2. The van der Waals surface area contributed by atoms with Gasteiger partial charge in [-0.2, -0.15) is 0 Å². The number of benzene rings is 1. The van der Waals surface area contributed by atoms with E-state index in [2.05, 4.69) is 48.7 Å². The van der Waals surface area contributed by atoms with Crippen molar-refractivity contribution in [1.82, 2.24) is 5.32 Å². The maximum absolute atomic E-state index is 5.71. The van der Waals surface area contributed by atoms with Crippen molar-refractivity contribution in [2.75, 3.05) is 13.2 Å². The second-order valence-electron chi connectivity index (χ2n) is 5.37. The van der Waals surface area contributed by atoms with Crippen molar-refractivity contribution in [1.29, 1.82) is 0 Å². The second-order valence-corrected chi connectivity index (χ2v) is 5.37. The molecule has 0 radical (unpaired) electrons. The van der Waals surface area contributed by atoms with Crippen LogP contribution in [0.1, 0.15) is 57.9 Å². The van der Waals surface area contributed by atoms with E-state index in [1.807, 2.05) is 13.0 Å². The molecule has 0 aliphatic heterocycles. The molecule has 1 atom stereocenters. The number of unbranched alkanes of at least 4 members (excludes halogenated alkanes) is 5. The van der Waals surface area contributed by atoms with Crippen molar-refractivity contribution in [3.05, 3.63) is 42.0 Å². The van der Waals surface area contributed by atoms with Crippen molar-refractivity contribution in [2.24, 2.45) is 0 Å². The lowest BCUT2D eigenvalue weighted by Crippen LogP contribution is -2.30. The van der Waals surface area contributed by atoms with Crippen LogP contribution in [0.25, 0.3) is 6.08 Å². The zero-order chi connectivity index (χ0) is 15.2. The predicted molar refractivity (Wildman–Crippen MR) is 92.3 cm³/mol. The van der Waals surface area contributed by atoms with Gasteiger partial charge in [0.2, 0.25) is 0 Å². The van der Waals surface area contributed by atoms with Crippen molar-refractivity contribution in [2.45, 2.75) is 58.6 Å². The summed E-state index contributed by atoms with van der Waals surface area (Å²) in [5.41, 5.74) is 1.21. The van der Waals surface area contributed by atoms with Gasteiger partial charge in [0.15, 0.2) is 0 Å². The average Bonchev–Trinajstić information content (AvgIpc) is 2.52. The third-order valence-corrected chi connectivity index (χ3v) is 3.49. The Bertz CT molecular complexity index is 361. The number of nitrogens with one attached hydrogen (secondary N) is 1. The summed E-state index contributed by atoms with van der Waals surface area (Å²) in [4.78, 5) is 0. The molecule has 0 saturated carbocycles. The predicted octanol–water partition coefficient (Wildman–Crippen LogP) is 5.01. The van der Waals surface area contributed by atoms with Crippen LogP contribution < -0.4 is 5.32 Å². The van der Waals surface area contributed by atoms with Gasteiger partial charge >= 0.3 is 0 Å².